The average Bonchev–Trinajstić information content (AvgIpc) is 2.96. The van der Waals surface area contributed by atoms with Crippen LogP contribution in [0.5, 0.6) is 0 Å². The van der Waals surface area contributed by atoms with Crippen LogP contribution in [0.2, 0.25) is 15.2 Å². The predicted molar refractivity (Wildman–Crippen MR) is 117 cm³/mol. The summed E-state index contributed by atoms with van der Waals surface area (Å²) in [6.07, 6.45) is 0. The monoisotopic (exact) mass is 431 g/mol. The smallest absolute Gasteiger partial charge is 0.133 e. The molecule has 0 unspecified atom stereocenters. The van der Waals surface area contributed by atoms with Crippen molar-refractivity contribution in [2.75, 3.05) is 0 Å². The van der Waals surface area contributed by atoms with Gasteiger partial charge in [0.15, 0.2) is 0 Å². The number of aromatic nitrogens is 1. The summed E-state index contributed by atoms with van der Waals surface area (Å²) in [5, 5.41) is 1.30. The van der Waals surface area contributed by atoms with E-state index in [1.54, 1.807) is 6.07 Å². The molecule has 0 saturated heterocycles. The van der Waals surface area contributed by atoms with Crippen molar-refractivity contribution in [1.29, 1.82) is 0 Å². The van der Waals surface area contributed by atoms with E-state index >= 15 is 0 Å². The van der Waals surface area contributed by atoms with Gasteiger partial charge in [-0.05, 0) is 11.6 Å². The number of hydrogen-bond donors (Lipinski definition) is 0. The second-order valence-electron chi connectivity index (χ2n) is 6.00. The van der Waals surface area contributed by atoms with Crippen LogP contribution in [-0.4, -0.2) is 4.09 Å². The Hall–Kier alpha value is -1.90. The number of nitrogens with zero attached hydrogens (tertiary/aromatic N) is 1. The fraction of sp³-hybridized carbons (Fsp3) is 0. The molecule has 0 fully saturated rings. The highest BCUT2D eigenvalue weighted by Crippen LogP contribution is 2.49. The Kier molecular flexibility index (Phi) is 5.21. The zero-order valence-electron chi connectivity index (χ0n) is 14.0. The summed E-state index contributed by atoms with van der Waals surface area (Å²) in [5.74, 6) is 0. The van der Waals surface area contributed by atoms with Crippen molar-refractivity contribution in [3.05, 3.63) is 94.1 Å². The van der Waals surface area contributed by atoms with Crippen LogP contribution < -0.4 is 0 Å². The van der Waals surface area contributed by atoms with Crippen molar-refractivity contribution < 1.29 is 0 Å². The van der Waals surface area contributed by atoms with E-state index in [-0.39, 0.29) is 0 Å². The first-order chi connectivity index (χ1) is 13.1. The molecule has 0 aliphatic rings. The molecular formula is C22H13Cl4N. The molecule has 0 radical (unpaired) electrons. The molecule has 4 aromatic rings. The van der Waals surface area contributed by atoms with Crippen LogP contribution in [0.4, 0.5) is 0 Å². The average molecular weight is 433 g/mol. The minimum Gasteiger partial charge on any atom is -0.241 e. The molecule has 1 aromatic heterocycles. The summed E-state index contributed by atoms with van der Waals surface area (Å²) in [7, 11) is 0. The minimum absolute atomic E-state index is 0.388. The van der Waals surface area contributed by atoms with Gasteiger partial charge in [0, 0.05) is 34.0 Å². The van der Waals surface area contributed by atoms with Gasteiger partial charge in [-0.3, -0.25) is 0 Å². The molecule has 0 atom stereocenters. The highest BCUT2D eigenvalue weighted by molar-refractivity contribution is 6.45. The maximum atomic E-state index is 6.71. The third-order valence-electron chi connectivity index (χ3n) is 4.39. The molecule has 5 heteroatoms. The van der Waals surface area contributed by atoms with E-state index < -0.39 is 0 Å². The molecule has 0 spiro atoms. The highest BCUT2D eigenvalue weighted by Gasteiger charge is 2.26. The standard InChI is InChI=1S/C22H13Cl4N/c23-17-13-7-12-16(20(17)24)19-18(14-8-3-1-4-9-14)21(27(26)22(19)25)15-10-5-2-6-11-15/h1-13H. The molecule has 1 nitrogen and oxygen atoms in total. The Balaban J connectivity index is 2.13. The lowest BCUT2D eigenvalue weighted by Crippen LogP contribution is -1.88. The molecule has 0 bridgehead atoms. The van der Waals surface area contributed by atoms with E-state index in [1.807, 2.05) is 72.8 Å². The van der Waals surface area contributed by atoms with Crippen molar-refractivity contribution in [2.24, 2.45) is 0 Å². The number of benzene rings is 3. The van der Waals surface area contributed by atoms with Gasteiger partial charge in [-0.25, -0.2) is 4.09 Å². The van der Waals surface area contributed by atoms with E-state index in [4.69, 9.17) is 46.6 Å². The van der Waals surface area contributed by atoms with Gasteiger partial charge in [0.05, 0.1) is 15.7 Å². The first kappa shape index (κ1) is 18.5. The van der Waals surface area contributed by atoms with Crippen molar-refractivity contribution >= 4 is 46.6 Å². The summed E-state index contributed by atoms with van der Waals surface area (Å²) in [6, 6.07) is 25.4. The van der Waals surface area contributed by atoms with E-state index in [9.17, 15) is 0 Å². The summed E-state index contributed by atoms with van der Waals surface area (Å²) >= 11 is 26.1. The number of hydrogen-bond acceptors (Lipinski definition) is 0. The number of rotatable bonds is 3. The molecule has 0 aliphatic carbocycles. The second-order valence-corrected chi connectivity index (χ2v) is 7.48. The van der Waals surface area contributed by atoms with Gasteiger partial charge >= 0.3 is 0 Å². The van der Waals surface area contributed by atoms with Gasteiger partial charge in [-0.15, -0.1) is 0 Å². The molecule has 134 valence electrons. The van der Waals surface area contributed by atoms with Crippen LogP contribution in [0.15, 0.2) is 78.9 Å². The van der Waals surface area contributed by atoms with Gasteiger partial charge in [0.2, 0.25) is 0 Å². The van der Waals surface area contributed by atoms with Gasteiger partial charge in [-0.2, -0.15) is 0 Å². The topological polar surface area (TPSA) is 4.93 Å². The van der Waals surface area contributed by atoms with Gasteiger partial charge in [0.25, 0.3) is 0 Å². The predicted octanol–water partition coefficient (Wildman–Crippen LogP) is 8.45. The van der Waals surface area contributed by atoms with Crippen molar-refractivity contribution in [3.8, 4) is 33.5 Å². The Labute approximate surface area is 177 Å². The molecule has 0 aliphatic heterocycles. The number of halogens is 4. The van der Waals surface area contributed by atoms with Crippen LogP contribution in [0.25, 0.3) is 33.5 Å². The normalized spacial score (nSPS) is 11.0. The van der Waals surface area contributed by atoms with Crippen LogP contribution in [0.1, 0.15) is 0 Å². The minimum atomic E-state index is 0.388. The maximum absolute atomic E-state index is 6.71. The van der Waals surface area contributed by atoms with Crippen molar-refractivity contribution in [1.82, 2.24) is 4.09 Å². The fourth-order valence-electron chi connectivity index (χ4n) is 3.20. The molecule has 0 saturated carbocycles. The zero-order valence-corrected chi connectivity index (χ0v) is 17.0. The summed E-state index contributed by atoms with van der Waals surface area (Å²) in [4.78, 5) is 0. The fourth-order valence-corrected chi connectivity index (χ4v) is 4.14. The molecule has 3 aromatic carbocycles. The zero-order chi connectivity index (χ0) is 19.0. The Bertz CT molecular complexity index is 1100. The van der Waals surface area contributed by atoms with Crippen molar-refractivity contribution in [3.63, 3.8) is 0 Å². The molecule has 27 heavy (non-hydrogen) atoms. The van der Waals surface area contributed by atoms with E-state index in [1.165, 1.54) is 4.09 Å². The summed E-state index contributed by atoms with van der Waals surface area (Å²) in [5.41, 5.74) is 5.15. The third kappa shape index (κ3) is 3.26. The maximum Gasteiger partial charge on any atom is 0.133 e. The molecule has 1 heterocycles. The molecule has 0 amide bonds. The lowest BCUT2D eigenvalue weighted by Gasteiger charge is -2.11. The Morgan fingerprint density at radius 1 is 0.593 bits per heavy atom. The van der Waals surface area contributed by atoms with Crippen molar-refractivity contribution in [2.45, 2.75) is 0 Å². The van der Waals surface area contributed by atoms with Crippen LogP contribution in [-0.2, 0) is 0 Å². The van der Waals surface area contributed by atoms with Crippen LogP contribution >= 0.6 is 46.6 Å². The van der Waals surface area contributed by atoms with E-state index in [0.717, 1.165) is 33.5 Å². The third-order valence-corrected chi connectivity index (χ3v) is 5.99. The Morgan fingerprint density at radius 3 is 1.81 bits per heavy atom. The highest BCUT2D eigenvalue weighted by atomic mass is 35.5. The lowest BCUT2D eigenvalue weighted by atomic mass is 9.94. The first-order valence-electron chi connectivity index (χ1n) is 8.25. The quantitative estimate of drug-likeness (QED) is 0.306. The van der Waals surface area contributed by atoms with E-state index in [2.05, 4.69) is 0 Å². The lowest BCUT2D eigenvalue weighted by molar-refractivity contribution is 1.27. The van der Waals surface area contributed by atoms with Crippen LogP contribution in [0, 0.1) is 0 Å². The largest absolute Gasteiger partial charge is 0.241 e. The SMILES string of the molecule is Clc1cccc(-c2c(-c3ccccc3)c(-c3ccccc3)n(Cl)c2Cl)c1Cl. The molecule has 4 rings (SSSR count). The summed E-state index contributed by atoms with van der Waals surface area (Å²) in [6.45, 7) is 0. The van der Waals surface area contributed by atoms with Gasteiger partial charge in [0.1, 0.15) is 5.15 Å². The molecule has 0 N–H and O–H groups in total. The Morgan fingerprint density at radius 2 is 1.19 bits per heavy atom. The van der Waals surface area contributed by atoms with E-state index in [0.29, 0.717) is 15.2 Å². The molecular weight excluding hydrogens is 420 g/mol. The van der Waals surface area contributed by atoms with Crippen LogP contribution in [0.3, 0.4) is 0 Å². The summed E-state index contributed by atoms with van der Waals surface area (Å²) < 4.78 is 1.48. The second kappa shape index (κ2) is 7.61. The first-order valence-corrected chi connectivity index (χ1v) is 9.72. The van der Waals surface area contributed by atoms with Gasteiger partial charge < -0.3 is 0 Å². The van der Waals surface area contributed by atoms with Gasteiger partial charge in [-0.1, -0.05) is 108 Å².